The van der Waals surface area contributed by atoms with E-state index in [-0.39, 0.29) is 15.6 Å². The van der Waals surface area contributed by atoms with Gasteiger partial charge in [-0.1, -0.05) is 34.4 Å². The van der Waals surface area contributed by atoms with Crippen molar-refractivity contribution in [2.75, 3.05) is 5.32 Å². The Bertz CT molecular complexity index is 673. The maximum atomic E-state index is 12.0. The minimum atomic E-state index is -0.731. The number of hydrogen-bond acceptors (Lipinski definition) is 4. The molecule has 0 spiro atoms. The Balaban J connectivity index is 2.11. The first-order valence-electron chi connectivity index (χ1n) is 5.89. The van der Waals surface area contributed by atoms with Crippen LogP contribution in [0.5, 0.6) is 0 Å². The van der Waals surface area contributed by atoms with Crippen molar-refractivity contribution in [2.24, 2.45) is 0 Å². The molecule has 0 fully saturated rings. The molecule has 0 aliphatic heterocycles. The summed E-state index contributed by atoms with van der Waals surface area (Å²) in [5.74, 6) is -0.263. The molecule has 1 aromatic carbocycles. The predicted molar refractivity (Wildman–Crippen MR) is 78.9 cm³/mol. The van der Waals surface area contributed by atoms with E-state index in [9.17, 15) is 9.59 Å². The van der Waals surface area contributed by atoms with Gasteiger partial charge in [-0.15, -0.1) is 0 Å². The van der Waals surface area contributed by atoms with Crippen LogP contribution < -0.4 is 10.6 Å². The fourth-order valence-electron chi connectivity index (χ4n) is 1.69. The molecule has 3 amide bonds. The van der Waals surface area contributed by atoms with Crippen molar-refractivity contribution in [3.05, 3.63) is 45.3 Å². The van der Waals surface area contributed by atoms with Gasteiger partial charge in [-0.3, -0.25) is 10.1 Å². The summed E-state index contributed by atoms with van der Waals surface area (Å²) in [6.45, 7) is 3.31. The van der Waals surface area contributed by atoms with E-state index in [2.05, 4.69) is 15.8 Å². The van der Waals surface area contributed by atoms with Gasteiger partial charge in [0.15, 0.2) is 5.76 Å². The Hall–Kier alpha value is -2.05. The number of carbonyl (C=O) groups is 2. The molecule has 0 atom stereocenters. The Morgan fingerprint density at radius 1 is 1.19 bits per heavy atom. The van der Waals surface area contributed by atoms with Gasteiger partial charge in [-0.2, -0.15) is 0 Å². The number of aromatic nitrogens is 1. The van der Waals surface area contributed by atoms with E-state index in [4.69, 9.17) is 27.7 Å². The first kappa shape index (κ1) is 15.3. The highest BCUT2D eigenvalue weighted by Gasteiger charge is 2.18. The predicted octanol–water partition coefficient (Wildman–Crippen LogP) is 3.56. The number of nitrogens with one attached hydrogen (secondary N) is 2. The van der Waals surface area contributed by atoms with Gasteiger partial charge in [0.25, 0.3) is 5.91 Å². The van der Waals surface area contributed by atoms with Crippen molar-refractivity contribution in [1.82, 2.24) is 10.5 Å². The van der Waals surface area contributed by atoms with Crippen LogP contribution in [0.2, 0.25) is 10.0 Å². The zero-order chi connectivity index (χ0) is 15.6. The van der Waals surface area contributed by atoms with Crippen LogP contribution in [0.3, 0.4) is 0 Å². The van der Waals surface area contributed by atoms with Crippen molar-refractivity contribution in [3.63, 3.8) is 0 Å². The van der Waals surface area contributed by atoms with Crippen LogP contribution in [-0.4, -0.2) is 17.1 Å². The van der Waals surface area contributed by atoms with Crippen molar-refractivity contribution in [1.29, 1.82) is 0 Å². The second kappa shape index (κ2) is 6.15. The number of urea groups is 1. The summed E-state index contributed by atoms with van der Waals surface area (Å²) >= 11 is 11.8. The number of hydrogen-bond donors (Lipinski definition) is 2. The molecule has 0 saturated carbocycles. The minimum absolute atomic E-state index is 0.0368. The van der Waals surface area contributed by atoms with Crippen LogP contribution in [0.4, 0.5) is 10.5 Å². The summed E-state index contributed by atoms with van der Waals surface area (Å²) in [5, 5.41) is 8.63. The lowest BCUT2D eigenvalue weighted by Crippen LogP contribution is -2.34. The molecule has 2 N–H and O–H groups in total. The van der Waals surface area contributed by atoms with E-state index in [0.717, 1.165) is 0 Å². The van der Waals surface area contributed by atoms with Crippen LogP contribution in [-0.2, 0) is 0 Å². The topological polar surface area (TPSA) is 84.2 Å². The lowest BCUT2D eigenvalue weighted by molar-refractivity contribution is 0.0967. The molecule has 0 radical (unpaired) electrons. The number of anilines is 1. The molecule has 0 aliphatic carbocycles. The Kier molecular flexibility index (Phi) is 4.50. The van der Waals surface area contributed by atoms with Crippen LogP contribution in [0.25, 0.3) is 0 Å². The standard InChI is InChI=1S/C13H11Cl2N3O3/c1-6-11(7(2)21-18-6)16-13(20)17-12(19)10-8(14)4-3-5-9(10)15/h3-5H,1-2H3,(H2,16,17,19,20). The molecule has 0 unspecified atom stereocenters. The molecule has 0 saturated heterocycles. The second-order valence-corrected chi connectivity index (χ2v) is 5.02. The number of halogens is 2. The zero-order valence-corrected chi connectivity index (χ0v) is 12.7. The fraction of sp³-hybridized carbons (Fsp3) is 0.154. The number of benzene rings is 1. The highest BCUT2D eigenvalue weighted by atomic mass is 35.5. The number of amides is 3. The summed E-state index contributed by atoms with van der Waals surface area (Å²) in [7, 11) is 0. The first-order valence-corrected chi connectivity index (χ1v) is 6.65. The van der Waals surface area contributed by atoms with Gasteiger partial charge < -0.3 is 9.84 Å². The molecule has 2 aromatic rings. The molecule has 6 nitrogen and oxygen atoms in total. The van der Waals surface area contributed by atoms with Gasteiger partial charge in [-0.25, -0.2) is 4.79 Å². The number of imide groups is 1. The zero-order valence-electron chi connectivity index (χ0n) is 11.2. The van der Waals surface area contributed by atoms with E-state index >= 15 is 0 Å². The molecule has 0 bridgehead atoms. The minimum Gasteiger partial charge on any atom is -0.359 e. The lowest BCUT2D eigenvalue weighted by atomic mass is 10.2. The fourth-order valence-corrected chi connectivity index (χ4v) is 2.26. The van der Waals surface area contributed by atoms with E-state index in [1.165, 1.54) is 12.1 Å². The van der Waals surface area contributed by atoms with Gasteiger partial charge in [-0.05, 0) is 26.0 Å². The molecule has 110 valence electrons. The molecule has 1 heterocycles. The monoisotopic (exact) mass is 327 g/mol. The summed E-state index contributed by atoms with van der Waals surface area (Å²) in [4.78, 5) is 23.8. The molecule has 8 heteroatoms. The molecule has 0 aliphatic rings. The van der Waals surface area contributed by atoms with Crippen LogP contribution >= 0.6 is 23.2 Å². The van der Waals surface area contributed by atoms with Crippen LogP contribution in [0, 0.1) is 13.8 Å². The lowest BCUT2D eigenvalue weighted by Gasteiger charge is -2.08. The number of aryl methyl sites for hydroxylation is 2. The van der Waals surface area contributed by atoms with E-state index in [0.29, 0.717) is 17.1 Å². The molecule has 21 heavy (non-hydrogen) atoms. The molecule has 1 aromatic heterocycles. The number of rotatable bonds is 2. The van der Waals surface area contributed by atoms with Crippen LogP contribution in [0.15, 0.2) is 22.7 Å². The highest BCUT2D eigenvalue weighted by molar-refractivity contribution is 6.40. The summed E-state index contributed by atoms with van der Waals surface area (Å²) < 4.78 is 4.90. The largest absolute Gasteiger partial charge is 0.359 e. The molecular formula is C13H11Cl2N3O3. The SMILES string of the molecule is Cc1noc(C)c1NC(=O)NC(=O)c1c(Cl)cccc1Cl. The van der Waals surface area contributed by atoms with Gasteiger partial charge in [0, 0.05) is 0 Å². The van der Waals surface area contributed by atoms with Gasteiger partial charge in [0.2, 0.25) is 0 Å². The van der Waals surface area contributed by atoms with E-state index in [1.54, 1.807) is 19.9 Å². The van der Waals surface area contributed by atoms with E-state index in [1.807, 2.05) is 0 Å². The third-order valence-corrected chi connectivity index (χ3v) is 3.32. The summed E-state index contributed by atoms with van der Waals surface area (Å²) in [6.07, 6.45) is 0. The van der Waals surface area contributed by atoms with Crippen LogP contribution in [0.1, 0.15) is 21.8 Å². The summed E-state index contributed by atoms with van der Waals surface area (Å²) in [5.41, 5.74) is 0.950. The second-order valence-electron chi connectivity index (χ2n) is 4.20. The van der Waals surface area contributed by atoms with Gasteiger partial charge in [0.05, 0.1) is 15.6 Å². The van der Waals surface area contributed by atoms with E-state index < -0.39 is 11.9 Å². The van der Waals surface area contributed by atoms with Crippen molar-refractivity contribution in [2.45, 2.75) is 13.8 Å². The Labute approximate surface area is 130 Å². The van der Waals surface area contributed by atoms with Gasteiger partial charge >= 0.3 is 6.03 Å². The summed E-state index contributed by atoms with van der Waals surface area (Å²) in [6, 6.07) is 3.89. The smallest absolute Gasteiger partial charge is 0.326 e. The maximum absolute atomic E-state index is 12.0. The quantitative estimate of drug-likeness (QED) is 0.883. The van der Waals surface area contributed by atoms with Crippen molar-refractivity contribution < 1.29 is 14.1 Å². The van der Waals surface area contributed by atoms with Gasteiger partial charge in [0.1, 0.15) is 11.4 Å². The Morgan fingerprint density at radius 3 is 2.33 bits per heavy atom. The number of carbonyl (C=O) groups excluding carboxylic acids is 2. The normalized spacial score (nSPS) is 10.3. The molecular weight excluding hydrogens is 317 g/mol. The third-order valence-electron chi connectivity index (χ3n) is 2.69. The average molecular weight is 328 g/mol. The number of nitrogens with zero attached hydrogens (tertiary/aromatic N) is 1. The first-order chi connectivity index (χ1) is 9.90. The van der Waals surface area contributed by atoms with Crippen molar-refractivity contribution >= 4 is 40.8 Å². The highest BCUT2D eigenvalue weighted by Crippen LogP contribution is 2.24. The maximum Gasteiger partial charge on any atom is 0.326 e. The van der Waals surface area contributed by atoms with Crippen molar-refractivity contribution in [3.8, 4) is 0 Å². The average Bonchev–Trinajstić information content (AvgIpc) is 2.70. The third kappa shape index (κ3) is 3.34. The molecule has 2 rings (SSSR count). The Morgan fingerprint density at radius 2 is 1.81 bits per heavy atom.